The second-order valence-electron chi connectivity index (χ2n) is 12.3. The average molecular weight is 531 g/mol. The minimum Gasteiger partial charge on any atom is -0.497 e. The van der Waals surface area contributed by atoms with Gasteiger partial charge in [0, 0.05) is 35.6 Å². The number of rotatable bonds is 7. The highest BCUT2D eigenvalue weighted by Gasteiger charge is 2.36. The number of methoxy groups -OCH3 is 1. The maximum atomic E-state index is 12.7. The van der Waals surface area contributed by atoms with Gasteiger partial charge >= 0.3 is 5.97 Å². The van der Waals surface area contributed by atoms with Crippen molar-refractivity contribution in [1.29, 1.82) is 0 Å². The number of hydrogen-bond donors (Lipinski definition) is 1. The summed E-state index contributed by atoms with van der Waals surface area (Å²) in [6, 6.07) is 16.5. The zero-order chi connectivity index (χ0) is 28.5. The van der Waals surface area contributed by atoms with Crippen molar-refractivity contribution in [2.24, 2.45) is 5.41 Å². The Morgan fingerprint density at radius 2 is 1.44 bits per heavy atom. The maximum absolute atomic E-state index is 12.7. The number of aryl methyl sites for hydroxylation is 2. The third kappa shape index (κ3) is 6.44. The number of carboxylic acids is 1. The predicted molar refractivity (Wildman–Crippen MR) is 158 cm³/mol. The van der Waals surface area contributed by atoms with Crippen LogP contribution in [-0.2, 0) is 9.53 Å². The number of aliphatic carboxylic acids is 1. The van der Waals surface area contributed by atoms with Gasteiger partial charge in [0.05, 0.1) is 18.4 Å². The fraction of sp³-hybridized carbons (Fsp3) is 0.455. The average Bonchev–Trinajstić information content (AvgIpc) is 2.87. The van der Waals surface area contributed by atoms with Crippen molar-refractivity contribution < 1.29 is 19.4 Å². The molecule has 2 aromatic carbocycles. The number of nitrogens with zero attached hydrogens (tertiary/aromatic N) is 2. The van der Waals surface area contributed by atoms with Gasteiger partial charge in [-0.2, -0.15) is 0 Å². The third-order valence-electron chi connectivity index (χ3n) is 7.57. The molecule has 4 rings (SSSR count). The topological polar surface area (TPSA) is 71.9 Å². The molecule has 2 heterocycles. The van der Waals surface area contributed by atoms with Gasteiger partial charge in [0.25, 0.3) is 0 Å². The first kappa shape index (κ1) is 28.6. The van der Waals surface area contributed by atoms with E-state index in [1.54, 1.807) is 7.11 Å². The first-order valence-corrected chi connectivity index (χ1v) is 13.7. The number of aromatic nitrogens is 1. The number of carboxylic acid groups (broad SMARTS) is 1. The number of anilines is 1. The lowest BCUT2D eigenvalue weighted by Gasteiger charge is -2.41. The van der Waals surface area contributed by atoms with E-state index in [2.05, 4.69) is 43.0 Å². The molecule has 208 valence electrons. The molecular weight excluding hydrogens is 488 g/mol. The number of pyridine rings is 1. The predicted octanol–water partition coefficient (Wildman–Crippen LogP) is 7.61. The molecule has 1 saturated heterocycles. The molecule has 1 N–H and O–H groups in total. The van der Waals surface area contributed by atoms with Crippen molar-refractivity contribution in [1.82, 2.24) is 4.98 Å². The minimum absolute atomic E-state index is 0.252. The molecule has 39 heavy (non-hydrogen) atoms. The van der Waals surface area contributed by atoms with Crippen molar-refractivity contribution in [2.75, 3.05) is 25.1 Å². The fourth-order valence-electron chi connectivity index (χ4n) is 5.37. The van der Waals surface area contributed by atoms with E-state index in [-0.39, 0.29) is 5.41 Å². The zero-order valence-electron chi connectivity index (χ0n) is 24.6. The Morgan fingerprint density at radius 3 is 1.92 bits per heavy atom. The van der Waals surface area contributed by atoms with E-state index in [9.17, 15) is 9.90 Å². The molecular formula is C33H42N2O4. The molecule has 3 aromatic rings. The summed E-state index contributed by atoms with van der Waals surface area (Å²) in [5, 5.41) is 10.4. The van der Waals surface area contributed by atoms with Gasteiger partial charge in [0.2, 0.25) is 0 Å². The standard InChI is InChI=1S/C33H42N2O4/c1-21-27(25-11-9-23(10-12-25)24-13-15-26(38-8)16-14-24)29(35-19-17-33(6,7)18-20-35)28(22(2)34-21)30(31(36)37)39-32(3,4)5/h9-16,30H,17-20H2,1-8H3,(H,36,37). The number of piperidine rings is 1. The van der Waals surface area contributed by atoms with Gasteiger partial charge in [-0.1, -0.05) is 50.2 Å². The third-order valence-corrected chi connectivity index (χ3v) is 7.57. The molecule has 1 aromatic heterocycles. The molecule has 6 nitrogen and oxygen atoms in total. The molecule has 0 radical (unpaired) electrons. The highest BCUT2D eigenvalue weighted by atomic mass is 16.5. The van der Waals surface area contributed by atoms with Gasteiger partial charge in [-0.05, 0) is 81.7 Å². The number of ether oxygens (including phenoxy) is 2. The first-order chi connectivity index (χ1) is 18.3. The van der Waals surface area contributed by atoms with Crippen molar-refractivity contribution >= 4 is 11.7 Å². The Hall–Kier alpha value is -3.38. The van der Waals surface area contributed by atoms with Crippen LogP contribution in [0.3, 0.4) is 0 Å². The first-order valence-electron chi connectivity index (χ1n) is 13.7. The van der Waals surface area contributed by atoms with Crippen molar-refractivity contribution in [3.63, 3.8) is 0 Å². The van der Waals surface area contributed by atoms with E-state index in [0.29, 0.717) is 11.3 Å². The van der Waals surface area contributed by atoms with E-state index in [1.807, 2.05) is 58.9 Å². The van der Waals surface area contributed by atoms with Crippen LogP contribution in [0.1, 0.15) is 70.5 Å². The second kappa shape index (κ2) is 11.0. The van der Waals surface area contributed by atoms with Gasteiger partial charge in [0.15, 0.2) is 6.10 Å². The second-order valence-corrected chi connectivity index (χ2v) is 12.3. The summed E-state index contributed by atoms with van der Waals surface area (Å²) in [6.45, 7) is 15.9. The Bertz CT molecular complexity index is 1310. The van der Waals surface area contributed by atoms with Crippen molar-refractivity contribution in [2.45, 2.75) is 73.0 Å². The van der Waals surface area contributed by atoms with Gasteiger partial charge in [0.1, 0.15) is 5.75 Å². The van der Waals surface area contributed by atoms with Gasteiger partial charge in [-0.3, -0.25) is 4.98 Å². The molecule has 0 aliphatic carbocycles. The molecule has 1 fully saturated rings. The van der Waals surface area contributed by atoms with Crippen LogP contribution >= 0.6 is 0 Å². The smallest absolute Gasteiger partial charge is 0.337 e. The zero-order valence-corrected chi connectivity index (χ0v) is 24.6. The van der Waals surface area contributed by atoms with Crippen LogP contribution in [0.25, 0.3) is 22.3 Å². The normalized spacial score (nSPS) is 16.2. The van der Waals surface area contributed by atoms with Gasteiger partial charge in [-0.15, -0.1) is 0 Å². The highest BCUT2D eigenvalue weighted by molar-refractivity contribution is 5.88. The van der Waals surface area contributed by atoms with Crippen molar-refractivity contribution in [3.05, 3.63) is 65.5 Å². The van der Waals surface area contributed by atoms with Crippen LogP contribution in [0.5, 0.6) is 5.75 Å². The van der Waals surface area contributed by atoms with Crippen LogP contribution < -0.4 is 9.64 Å². The number of hydrogen-bond acceptors (Lipinski definition) is 5. The highest BCUT2D eigenvalue weighted by Crippen LogP contribution is 2.45. The monoisotopic (exact) mass is 530 g/mol. The molecule has 6 heteroatoms. The van der Waals surface area contributed by atoms with E-state index in [1.165, 1.54) is 0 Å². The van der Waals surface area contributed by atoms with Crippen LogP contribution in [0.2, 0.25) is 0 Å². The largest absolute Gasteiger partial charge is 0.497 e. The summed E-state index contributed by atoms with van der Waals surface area (Å²) in [4.78, 5) is 19.9. The summed E-state index contributed by atoms with van der Waals surface area (Å²) in [5.41, 5.74) is 6.96. The molecule has 1 atom stereocenters. The number of benzene rings is 2. The fourth-order valence-corrected chi connectivity index (χ4v) is 5.37. The van der Waals surface area contributed by atoms with Crippen LogP contribution in [-0.4, -0.2) is 41.9 Å². The lowest BCUT2D eigenvalue weighted by Crippen LogP contribution is -2.39. The van der Waals surface area contributed by atoms with E-state index < -0.39 is 17.7 Å². The lowest BCUT2D eigenvalue weighted by molar-refractivity contribution is -0.160. The Labute approximate surface area is 233 Å². The minimum atomic E-state index is -1.12. The Morgan fingerprint density at radius 1 is 0.923 bits per heavy atom. The molecule has 1 aliphatic heterocycles. The summed E-state index contributed by atoms with van der Waals surface area (Å²) in [7, 11) is 1.67. The molecule has 0 amide bonds. The number of carbonyl (C=O) groups is 1. The van der Waals surface area contributed by atoms with E-state index in [0.717, 1.165) is 65.3 Å². The summed E-state index contributed by atoms with van der Waals surface area (Å²) < 4.78 is 11.5. The SMILES string of the molecule is COc1ccc(-c2ccc(-c3c(C)nc(C)c(C(OC(C)(C)C)C(=O)O)c3N3CCC(C)(C)CC3)cc2)cc1. The summed E-state index contributed by atoms with van der Waals surface area (Å²) in [6.07, 6.45) is 0.932. The molecule has 0 saturated carbocycles. The van der Waals surface area contributed by atoms with Crippen LogP contribution in [0.4, 0.5) is 5.69 Å². The Balaban J connectivity index is 1.88. The van der Waals surface area contributed by atoms with E-state index in [4.69, 9.17) is 14.5 Å². The summed E-state index contributed by atoms with van der Waals surface area (Å²) >= 11 is 0. The quantitative estimate of drug-likeness (QED) is 0.339. The molecule has 0 bridgehead atoms. The van der Waals surface area contributed by atoms with Crippen LogP contribution in [0.15, 0.2) is 48.5 Å². The maximum Gasteiger partial charge on any atom is 0.337 e. The molecule has 1 unspecified atom stereocenters. The van der Waals surface area contributed by atoms with E-state index >= 15 is 0 Å². The lowest BCUT2D eigenvalue weighted by atomic mass is 9.81. The van der Waals surface area contributed by atoms with Gasteiger partial charge in [-0.25, -0.2) is 4.79 Å². The Kier molecular flexibility index (Phi) is 8.08. The molecule has 0 spiro atoms. The summed E-state index contributed by atoms with van der Waals surface area (Å²) in [5.74, 6) is -0.179. The van der Waals surface area contributed by atoms with Crippen molar-refractivity contribution in [3.8, 4) is 28.0 Å². The molecule has 1 aliphatic rings. The van der Waals surface area contributed by atoms with Crippen LogP contribution in [0, 0.1) is 19.3 Å². The van der Waals surface area contributed by atoms with Gasteiger partial charge < -0.3 is 19.5 Å².